The molecule has 1 N–H and O–H groups in total. The Kier molecular flexibility index (Phi) is 8.20. The number of amides is 2. The van der Waals surface area contributed by atoms with Crippen LogP contribution in [0.25, 0.3) is 11.1 Å². The molecule has 0 radical (unpaired) electrons. The maximum absolute atomic E-state index is 12.4. The van der Waals surface area contributed by atoms with Gasteiger partial charge in [0.15, 0.2) is 0 Å². The van der Waals surface area contributed by atoms with Gasteiger partial charge in [-0.15, -0.1) is 0 Å². The van der Waals surface area contributed by atoms with Crippen LogP contribution in [-0.4, -0.2) is 61.4 Å². The number of nitrogens with zero attached hydrogens (tertiary/aromatic N) is 2. The van der Waals surface area contributed by atoms with Crippen LogP contribution in [0.2, 0.25) is 0 Å². The van der Waals surface area contributed by atoms with Crippen molar-refractivity contribution in [3.63, 3.8) is 0 Å². The van der Waals surface area contributed by atoms with Gasteiger partial charge in [-0.25, -0.2) is 4.79 Å². The number of carbonyl (C=O) groups is 2. The topological polar surface area (TPSA) is 71.1 Å². The number of benzene rings is 2. The predicted molar refractivity (Wildman–Crippen MR) is 135 cm³/mol. The van der Waals surface area contributed by atoms with Crippen molar-refractivity contribution in [2.45, 2.75) is 59.0 Å². The Balaban J connectivity index is 1.59. The molecule has 0 unspecified atom stereocenters. The van der Waals surface area contributed by atoms with E-state index in [4.69, 9.17) is 9.47 Å². The van der Waals surface area contributed by atoms with Crippen molar-refractivity contribution in [1.82, 2.24) is 10.2 Å². The lowest BCUT2D eigenvalue weighted by Gasteiger charge is -2.36. The zero-order valence-electron chi connectivity index (χ0n) is 21.1. The SMILES string of the molecule is C[C@@H]1CN(c2ccc(-c3cccc(CN(C)C(=O)CNC(=O)OC(C)(C)C)c3)cc2)C[C@H](C)O1. The summed E-state index contributed by atoms with van der Waals surface area (Å²) in [5, 5.41) is 2.52. The Hall–Kier alpha value is -3.06. The van der Waals surface area contributed by atoms with E-state index >= 15 is 0 Å². The van der Waals surface area contributed by atoms with Crippen LogP contribution in [0.4, 0.5) is 10.5 Å². The largest absolute Gasteiger partial charge is 0.444 e. The highest BCUT2D eigenvalue weighted by Crippen LogP contribution is 2.26. The van der Waals surface area contributed by atoms with E-state index in [1.165, 1.54) is 5.69 Å². The molecule has 2 amide bonds. The van der Waals surface area contributed by atoms with Gasteiger partial charge in [0.2, 0.25) is 5.91 Å². The molecule has 0 bridgehead atoms. The van der Waals surface area contributed by atoms with E-state index in [9.17, 15) is 9.59 Å². The van der Waals surface area contributed by atoms with Gasteiger partial charge in [0.05, 0.1) is 12.2 Å². The van der Waals surface area contributed by atoms with Gasteiger partial charge in [-0.3, -0.25) is 4.79 Å². The average molecular weight is 468 g/mol. The van der Waals surface area contributed by atoms with Gasteiger partial charge >= 0.3 is 6.09 Å². The molecule has 1 aliphatic heterocycles. The number of ether oxygens (including phenoxy) is 2. The summed E-state index contributed by atoms with van der Waals surface area (Å²) in [4.78, 5) is 28.2. The van der Waals surface area contributed by atoms with Gasteiger partial charge in [-0.1, -0.05) is 30.3 Å². The number of rotatable bonds is 6. The van der Waals surface area contributed by atoms with E-state index in [0.717, 1.165) is 29.8 Å². The number of morpholine rings is 1. The fraction of sp³-hybridized carbons (Fsp3) is 0.481. The Bertz CT molecular complexity index is 974. The highest BCUT2D eigenvalue weighted by atomic mass is 16.6. The van der Waals surface area contributed by atoms with Gasteiger partial charge in [0.1, 0.15) is 12.1 Å². The summed E-state index contributed by atoms with van der Waals surface area (Å²) >= 11 is 0. The van der Waals surface area contributed by atoms with E-state index < -0.39 is 11.7 Å². The molecule has 0 aromatic heterocycles. The van der Waals surface area contributed by atoms with Crippen molar-refractivity contribution in [3.05, 3.63) is 54.1 Å². The summed E-state index contributed by atoms with van der Waals surface area (Å²) in [6, 6.07) is 16.8. The predicted octanol–water partition coefficient (Wildman–Crippen LogP) is 4.45. The van der Waals surface area contributed by atoms with Crippen molar-refractivity contribution in [1.29, 1.82) is 0 Å². The average Bonchev–Trinajstić information content (AvgIpc) is 2.76. The number of hydrogen-bond acceptors (Lipinski definition) is 5. The number of nitrogens with one attached hydrogen (secondary N) is 1. The molecular weight excluding hydrogens is 430 g/mol. The first-order valence-corrected chi connectivity index (χ1v) is 11.8. The lowest BCUT2D eigenvalue weighted by molar-refractivity contribution is -0.129. The molecule has 3 rings (SSSR count). The van der Waals surface area contributed by atoms with E-state index in [0.29, 0.717) is 6.54 Å². The first-order chi connectivity index (χ1) is 16.0. The lowest BCUT2D eigenvalue weighted by atomic mass is 10.0. The van der Waals surface area contributed by atoms with Crippen LogP contribution in [0.1, 0.15) is 40.2 Å². The quantitative estimate of drug-likeness (QED) is 0.680. The Labute approximate surface area is 203 Å². The van der Waals surface area contributed by atoms with Crippen molar-refractivity contribution in [3.8, 4) is 11.1 Å². The molecule has 1 saturated heterocycles. The minimum atomic E-state index is -0.600. The highest BCUT2D eigenvalue weighted by molar-refractivity contribution is 5.82. The zero-order chi connectivity index (χ0) is 24.9. The fourth-order valence-electron chi connectivity index (χ4n) is 4.06. The standard InChI is InChI=1S/C27H37N3O4/c1-19-16-30(17-20(2)33-19)24-12-10-22(11-13-24)23-9-7-8-21(14-23)18-29(6)25(31)15-28-26(32)34-27(3,4)5/h7-14,19-20H,15-18H2,1-6H3,(H,28,32)/t19-,20+. The number of carbonyl (C=O) groups excluding carboxylic acids is 2. The first-order valence-electron chi connectivity index (χ1n) is 11.8. The van der Waals surface area contributed by atoms with Gasteiger partial charge in [-0.05, 0) is 69.5 Å². The third kappa shape index (κ3) is 7.48. The Morgan fingerprint density at radius 3 is 2.32 bits per heavy atom. The van der Waals surface area contributed by atoms with E-state index in [1.807, 2.05) is 12.1 Å². The summed E-state index contributed by atoms with van der Waals surface area (Å²) in [7, 11) is 1.73. The van der Waals surface area contributed by atoms with Gasteiger partial charge in [-0.2, -0.15) is 0 Å². The third-order valence-electron chi connectivity index (χ3n) is 5.54. The van der Waals surface area contributed by atoms with Gasteiger partial charge in [0.25, 0.3) is 0 Å². The van der Waals surface area contributed by atoms with Crippen molar-refractivity contribution < 1.29 is 19.1 Å². The first kappa shape index (κ1) is 25.6. The molecule has 34 heavy (non-hydrogen) atoms. The molecule has 0 spiro atoms. The minimum absolute atomic E-state index is 0.106. The normalized spacial score (nSPS) is 18.4. The third-order valence-corrected chi connectivity index (χ3v) is 5.54. The number of alkyl carbamates (subject to hydrolysis) is 1. The number of anilines is 1. The number of hydrogen-bond donors (Lipinski definition) is 1. The van der Waals surface area contributed by atoms with Crippen LogP contribution in [0.3, 0.4) is 0 Å². The monoisotopic (exact) mass is 467 g/mol. The fourth-order valence-corrected chi connectivity index (χ4v) is 4.06. The van der Waals surface area contributed by atoms with Crippen molar-refractivity contribution in [2.24, 2.45) is 0 Å². The van der Waals surface area contributed by atoms with Crippen molar-refractivity contribution >= 4 is 17.7 Å². The second-order valence-electron chi connectivity index (χ2n) is 10.0. The smallest absolute Gasteiger partial charge is 0.408 e. The molecule has 7 heteroatoms. The van der Waals surface area contributed by atoms with Crippen LogP contribution in [-0.2, 0) is 20.8 Å². The van der Waals surface area contributed by atoms with Crippen LogP contribution in [0.15, 0.2) is 48.5 Å². The summed E-state index contributed by atoms with van der Waals surface area (Å²) in [6.07, 6.45) is -0.154. The Morgan fingerprint density at radius 2 is 1.71 bits per heavy atom. The molecule has 1 aliphatic rings. The molecule has 1 fully saturated rings. The molecule has 7 nitrogen and oxygen atoms in total. The second kappa shape index (κ2) is 10.9. The minimum Gasteiger partial charge on any atom is -0.444 e. The molecule has 0 aliphatic carbocycles. The van der Waals surface area contributed by atoms with Gasteiger partial charge < -0.3 is 24.6 Å². The zero-order valence-corrected chi connectivity index (χ0v) is 21.1. The molecule has 2 aromatic rings. The maximum atomic E-state index is 12.4. The second-order valence-corrected chi connectivity index (χ2v) is 10.0. The summed E-state index contributed by atoms with van der Waals surface area (Å²) in [6.45, 7) is 11.7. The molecular formula is C27H37N3O4. The van der Waals surface area contributed by atoms with E-state index in [-0.39, 0.29) is 24.7 Å². The van der Waals surface area contributed by atoms with Crippen molar-refractivity contribution in [2.75, 3.05) is 31.6 Å². The molecule has 2 atom stereocenters. The van der Waals surface area contributed by atoms with Crippen LogP contribution >= 0.6 is 0 Å². The summed E-state index contributed by atoms with van der Waals surface area (Å²) in [5.41, 5.74) is 3.84. The summed E-state index contributed by atoms with van der Waals surface area (Å²) in [5.74, 6) is -0.186. The number of likely N-dealkylation sites (N-methyl/N-ethyl adjacent to an activating group) is 1. The van der Waals surface area contributed by atoms with Gasteiger partial charge in [0, 0.05) is 32.4 Å². The lowest BCUT2D eigenvalue weighted by Crippen LogP contribution is -2.45. The van der Waals surface area contributed by atoms with Crippen LogP contribution in [0.5, 0.6) is 0 Å². The van der Waals surface area contributed by atoms with Crippen LogP contribution < -0.4 is 10.2 Å². The van der Waals surface area contributed by atoms with E-state index in [1.54, 1.807) is 32.7 Å². The molecule has 2 aromatic carbocycles. The molecule has 1 heterocycles. The molecule has 0 saturated carbocycles. The Morgan fingerprint density at radius 1 is 1.06 bits per heavy atom. The van der Waals surface area contributed by atoms with Crippen LogP contribution in [0, 0.1) is 0 Å². The summed E-state index contributed by atoms with van der Waals surface area (Å²) < 4.78 is 11.0. The molecule has 184 valence electrons. The highest BCUT2D eigenvalue weighted by Gasteiger charge is 2.22. The maximum Gasteiger partial charge on any atom is 0.408 e. The van der Waals surface area contributed by atoms with E-state index in [2.05, 4.69) is 60.5 Å².